The largest absolute Gasteiger partial charge is 1.00 e. The van der Waals surface area contributed by atoms with Gasteiger partial charge >= 0.3 is 143 Å². The topological polar surface area (TPSA) is 0 Å². The molecule has 3 heteroatoms. The van der Waals surface area contributed by atoms with Crippen LogP contribution in [0, 0.1) is 0 Å². The van der Waals surface area contributed by atoms with Crippen molar-refractivity contribution in [3.63, 3.8) is 0 Å². The Hall–Kier alpha value is -0.297. The van der Waals surface area contributed by atoms with Crippen LogP contribution in [0.5, 0.6) is 0 Å². The first-order valence-corrected chi connectivity index (χ1v) is 11.2. The second kappa shape index (κ2) is 11.3. The molecule has 0 radical (unpaired) electrons. The van der Waals surface area contributed by atoms with E-state index in [0.29, 0.717) is 0 Å². The summed E-state index contributed by atoms with van der Waals surface area (Å²) in [5.41, 5.74) is 6.71. The second-order valence-corrected chi connectivity index (χ2v) is 10.0. The van der Waals surface area contributed by atoms with Gasteiger partial charge in [-0.2, -0.15) is 0 Å². The first kappa shape index (κ1) is 22.7. The Morgan fingerprint density at radius 1 is 0.783 bits per heavy atom. The minimum atomic E-state index is -0.516. The number of halogens is 2. The average Bonchev–Trinajstić information content (AvgIpc) is 2.99. The molecular formula is C20H30F2Zr. The molecule has 0 aromatic rings. The van der Waals surface area contributed by atoms with Crippen LogP contribution < -0.4 is 9.41 Å². The zero-order valence-corrected chi connectivity index (χ0v) is 17.5. The van der Waals surface area contributed by atoms with Crippen molar-refractivity contribution in [3.8, 4) is 0 Å². The van der Waals surface area contributed by atoms with Crippen LogP contribution >= 0.6 is 0 Å². The molecule has 0 atom stereocenters. The molecular weight excluding hydrogens is 369 g/mol. The van der Waals surface area contributed by atoms with Crippen molar-refractivity contribution in [2.45, 2.75) is 79.1 Å². The van der Waals surface area contributed by atoms with Gasteiger partial charge in [-0.25, -0.2) is 0 Å². The van der Waals surface area contributed by atoms with Crippen molar-refractivity contribution in [2.24, 2.45) is 0 Å². The molecule has 2 rings (SSSR count). The molecule has 2 aliphatic carbocycles. The van der Waals surface area contributed by atoms with Gasteiger partial charge in [-0.3, -0.25) is 0 Å². The zero-order valence-electron chi connectivity index (χ0n) is 15.1. The predicted octanol–water partition coefficient (Wildman–Crippen LogP) is 0.666. The Balaban J connectivity index is 0.00000242. The molecule has 0 spiro atoms. The van der Waals surface area contributed by atoms with Gasteiger partial charge in [0.15, 0.2) is 0 Å². The van der Waals surface area contributed by atoms with Gasteiger partial charge in [0.1, 0.15) is 0 Å². The molecule has 0 unspecified atom stereocenters. The molecule has 0 amide bonds. The summed E-state index contributed by atoms with van der Waals surface area (Å²) < 4.78 is 3.77. The van der Waals surface area contributed by atoms with Crippen molar-refractivity contribution in [1.29, 1.82) is 0 Å². The first-order valence-electron chi connectivity index (χ1n) is 8.72. The molecule has 0 aromatic heterocycles. The molecule has 0 fully saturated rings. The van der Waals surface area contributed by atoms with Crippen LogP contribution in [0.25, 0.3) is 0 Å². The zero-order chi connectivity index (χ0) is 15.2. The van der Waals surface area contributed by atoms with Gasteiger partial charge in [-0.05, 0) is 0 Å². The molecule has 0 aromatic carbocycles. The van der Waals surface area contributed by atoms with Crippen molar-refractivity contribution in [1.82, 2.24) is 0 Å². The summed E-state index contributed by atoms with van der Waals surface area (Å²) in [5, 5.41) is 0. The van der Waals surface area contributed by atoms with E-state index < -0.39 is 23.2 Å². The fourth-order valence-corrected chi connectivity index (χ4v) is 7.54. The summed E-state index contributed by atoms with van der Waals surface area (Å²) in [6, 6.07) is 0. The van der Waals surface area contributed by atoms with E-state index in [1.165, 1.54) is 51.4 Å². The summed E-state index contributed by atoms with van der Waals surface area (Å²) in [6.45, 7) is 9.29. The van der Waals surface area contributed by atoms with Gasteiger partial charge < -0.3 is 9.41 Å². The second-order valence-electron chi connectivity index (χ2n) is 6.43. The number of hydrogen-bond donors (Lipinski definition) is 0. The molecule has 0 nitrogen and oxygen atoms in total. The number of rotatable bonds is 8. The Kier molecular flexibility index (Phi) is 11.1. The monoisotopic (exact) mass is 398 g/mol. The van der Waals surface area contributed by atoms with E-state index in [9.17, 15) is 0 Å². The SMILES string of the molecule is CCCCC1=[C]([Zr+2][C]2=C(CCCC)C(C)=CC2)CC=C1C.[F-].[F-]. The van der Waals surface area contributed by atoms with Crippen molar-refractivity contribution >= 4 is 0 Å². The van der Waals surface area contributed by atoms with Crippen LogP contribution in [0.3, 0.4) is 0 Å². The van der Waals surface area contributed by atoms with Crippen molar-refractivity contribution in [3.05, 3.63) is 41.0 Å². The van der Waals surface area contributed by atoms with E-state index in [4.69, 9.17) is 0 Å². The third-order valence-electron chi connectivity index (χ3n) is 4.77. The van der Waals surface area contributed by atoms with E-state index in [1.54, 1.807) is 22.3 Å². The minimum Gasteiger partial charge on any atom is -1.00 e. The van der Waals surface area contributed by atoms with Gasteiger partial charge in [0.2, 0.25) is 0 Å². The minimum absolute atomic E-state index is 0. The van der Waals surface area contributed by atoms with Gasteiger partial charge in [-0.1, -0.05) is 0 Å². The van der Waals surface area contributed by atoms with Crippen molar-refractivity contribution < 1.29 is 32.6 Å². The van der Waals surface area contributed by atoms with E-state index in [2.05, 4.69) is 39.8 Å². The molecule has 0 aliphatic heterocycles. The Bertz CT molecular complexity index is 464. The smallest absolute Gasteiger partial charge is 1.00 e. The standard InChI is InChI=1S/2C10H15.2FH.Zr/c2*1-3-4-7-10-8-5-6-9(10)2;;;/h2*6H,3-5,7H2,1-2H3;2*1H;/q;;;;+2/p-2. The van der Waals surface area contributed by atoms with Crippen LogP contribution in [0.1, 0.15) is 79.1 Å². The number of unbranched alkanes of at least 4 members (excludes halogenated alkanes) is 2. The maximum absolute atomic E-state index is 2.49. The molecule has 2 aliphatic rings. The first-order chi connectivity index (χ1) is 10.2. The van der Waals surface area contributed by atoms with Gasteiger partial charge in [0.25, 0.3) is 0 Å². The van der Waals surface area contributed by atoms with Crippen LogP contribution in [-0.4, -0.2) is 0 Å². The van der Waals surface area contributed by atoms with E-state index in [0.717, 1.165) is 0 Å². The van der Waals surface area contributed by atoms with Gasteiger partial charge in [-0.15, -0.1) is 0 Å². The Morgan fingerprint density at radius 2 is 1.17 bits per heavy atom. The number of hydrogen-bond acceptors (Lipinski definition) is 0. The van der Waals surface area contributed by atoms with Crippen LogP contribution in [0.2, 0.25) is 0 Å². The molecule has 0 bridgehead atoms. The third kappa shape index (κ3) is 5.93. The molecule has 0 N–H and O–H groups in total. The van der Waals surface area contributed by atoms with Crippen molar-refractivity contribution in [2.75, 3.05) is 0 Å². The predicted molar refractivity (Wildman–Crippen MR) is 89.9 cm³/mol. The summed E-state index contributed by atoms with van der Waals surface area (Å²) in [6.07, 6.45) is 15.6. The maximum atomic E-state index is 2.49. The summed E-state index contributed by atoms with van der Waals surface area (Å²) in [4.78, 5) is 0. The van der Waals surface area contributed by atoms with Gasteiger partial charge in [0, 0.05) is 0 Å². The van der Waals surface area contributed by atoms with E-state index in [-0.39, 0.29) is 9.41 Å². The van der Waals surface area contributed by atoms with E-state index >= 15 is 0 Å². The number of allylic oxidation sites excluding steroid dienone is 8. The molecule has 23 heavy (non-hydrogen) atoms. The fourth-order valence-electron chi connectivity index (χ4n) is 3.32. The normalized spacial score (nSPS) is 16.7. The summed E-state index contributed by atoms with van der Waals surface area (Å²) >= 11 is -0.516. The van der Waals surface area contributed by atoms with Crippen LogP contribution in [0.4, 0.5) is 0 Å². The average molecular weight is 400 g/mol. The van der Waals surface area contributed by atoms with Crippen LogP contribution in [-0.2, 0) is 23.2 Å². The van der Waals surface area contributed by atoms with Crippen LogP contribution in [0.15, 0.2) is 41.0 Å². The van der Waals surface area contributed by atoms with E-state index in [1.807, 2.05) is 6.56 Å². The fraction of sp³-hybridized carbons (Fsp3) is 0.600. The maximum Gasteiger partial charge on any atom is -1.00 e. The quantitative estimate of drug-likeness (QED) is 0.563. The molecule has 0 saturated carbocycles. The summed E-state index contributed by atoms with van der Waals surface area (Å²) in [7, 11) is 0. The Morgan fingerprint density at radius 3 is 1.52 bits per heavy atom. The summed E-state index contributed by atoms with van der Waals surface area (Å²) in [5.74, 6) is 0. The molecule has 0 saturated heterocycles. The molecule has 128 valence electrons. The third-order valence-corrected chi connectivity index (χ3v) is 8.74. The molecule has 0 heterocycles. The Labute approximate surface area is 152 Å². The van der Waals surface area contributed by atoms with Gasteiger partial charge in [0.05, 0.1) is 0 Å².